The van der Waals surface area contributed by atoms with Crippen LogP contribution >= 0.6 is 11.6 Å². The van der Waals surface area contributed by atoms with E-state index in [1.807, 2.05) is 36.5 Å². The number of rotatable bonds is 4. The van der Waals surface area contributed by atoms with Crippen LogP contribution in [0.5, 0.6) is 0 Å². The molecule has 3 aromatic rings. The SMILES string of the molecule is O=C(N/N=C\c1cnn(-c2ccccc2)c1)c1cccc(Cl)c1. The lowest BCUT2D eigenvalue weighted by atomic mass is 10.2. The van der Waals surface area contributed by atoms with Crippen LogP contribution in [0.25, 0.3) is 5.69 Å². The van der Waals surface area contributed by atoms with Crippen molar-refractivity contribution in [2.45, 2.75) is 0 Å². The summed E-state index contributed by atoms with van der Waals surface area (Å²) in [6.45, 7) is 0. The number of hydrazone groups is 1. The zero-order valence-corrected chi connectivity index (χ0v) is 12.8. The first kappa shape index (κ1) is 15.0. The van der Waals surface area contributed by atoms with Gasteiger partial charge in [0, 0.05) is 22.3 Å². The molecule has 0 fully saturated rings. The van der Waals surface area contributed by atoms with Crippen LogP contribution in [-0.2, 0) is 0 Å². The Labute approximate surface area is 138 Å². The summed E-state index contributed by atoms with van der Waals surface area (Å²) in [5.41, 5.74) is 4.64. The quantitative estimate of drug-likeness (QED) is 0.591. The molecule has 0 radical (unpaired) electrons. The third kappa shape index (κ3) is 3.84. The van der Waals surface area contributed by atoms with Gasteiger partial charge in [-0.15, -0.1) is 0 Å². The molecule has 1 amide bonds. The second kappa shape index (κ2) is 6.89. The average Bonchev–Trinajstić information content (AvgIpc) is 3.04. The van der Waals surface area contributed by atoms with Gasteiger partial charge in [0.25, 0.3) is 5.91 Å². The molecule has 114 valence electrons. The first-order valence-electron chi connectivity index (χ1n) is 6.91. The van der Waals surface area contributed by atoms with Gasteiger partial charge in [0.2, 0.25) is 0 Å². The molecule has 0 spiro atoms. The van der Waals surface area contributed by atoms with Crippen LogP contribution < -0.4 is 5.43 Å². The van der Waals surface area contributed by atoms with Crippen LogP contribution in [0.2, 0.25) is 5.02 Å². The lowest BCUT2D eigenvalue weighted by Crippen LogP contribution is -2.17. The molecule has 1 aromatic heterocycles. The Morgan fingerprint density at radius 1 is 1.17 bits per heavy atom. The molecular formula is C17H13ClN4O. The van der Waals surface area contributed by atoms with Crippen molar-refractivity contribution in [2.75, 3.05) is 0 Å². The maximum Gasteiger partial charge on any atom is 0.271 e. The second-order valence-electron chi connectivity index (χ2n) is 4.76. The summed E-state index contributed by atoms with van der Waals surface area (Å²) in [6, 6.07) is 16.4. The van der Waals surface area contributed by atoms with Crippen LogP contribution in [0, 0.1) is 0 Å². The summed E-state index contributed by atoms with van der Waals surface area (Å²) >= 11 is 5.85. The molecule has 0 unspecified atom stereocenters. The normalized spacial score (nSPS) is 10.8. The van der Waals surface area contributed by atoms with Gasteiger partial charge in [-0.05, 0) is 30.3 Å². The van der Waals surface area contributed by atoms with E-state index in [9.17, 15) is 4.79 Å². The van der Waals surface area contributed by atoms with E-state index in [1.165, 1.54) is 6.21 Å². The standard InChI is InChI=1S/C17H13ClN4O/c18-15-6-4-5-14(9-15)17(23)21-19-10-13-11-20-22(12-13)16-7-2-1-3-8-16/h1-12H,(H,21,23)/b19-10-. The van der Waals surface area contributed by atoms with Crippen LogP contribution in [-0.4, -0.2) is 21.9 Å². The van der Waals surface area contributed by atoms with Gasteiger partial charge in [-0.1, -0.05) is 35.9 Å². The fourth-order valence-corrected chi connectivity index (χ4v) is 2.18. The summed E-state index contributed by atoms with van der Waals surface area (Å²) < 4.78 is 1.74. The van der Waals surface area contributed by atoms with Gasteiger partial charge < -0.3 is 0 Å². The first-order valence-corrected chi connectivity index (χ1v) is 7.29. The average molecular weight is 325 g/mol. The molecule has 0 saturated carbocycles. The van der Waals surface area contributed by atoms with E-state index in [4.69, 9.17) is 11.6 Å². The Bertz CT molecular complexity index is 843. The van der Waals surface area contributed by atoms with Crippen molar-refractivity contribution in [3.63, 3.8) is 0 Å². The van der Waals surface area contributed by atoms with E-state index in [1.54, 1.807) is 35.1 Å². The largest absolute Gasteiger partial charge is 0.271 e. The predicted molar refractivity (Wildman–Crippen MR) is 90.1 cm³/mol. The van der Waals surface area contributed by atoms with Gasteiger partial charge in [-0.2, -0.15) is 10.2 Å². The number of aromatic nitrogens is 2. The van der Waals surface area contributed by atoms with Gasteiger partial charge in [-0.25, -0.2) is 10.1 Å². The van der Waals surface area contributed by atoms with Crippen molar-refractivity contribution >= 4 is 23.7 Å². The number of halogens is 1. The van der Waals surface area contributed by atoms with Crippen LogP contribution in [0.3, 0.4) is 0 Å². The maximum atomic E-state index is 11.9. The summed E-state index contributed by atoms with van der Waals surface area (Å²) in [4.78, 5) is 11.9. The molecule has 1 heterocycles. The van der Waals surface area contributed by atoms with Gasteiger partial charge in [0.15, 0.2) is 0 Å². The van der Waals surface area contributed by atoms with Gasteiger partial charge in [-0.3, -0.25) is 4.79 Å². The molecule has 0 aliphatic carbocycles. The number of hydrogen-bond donors (Lipinski definition) is 1. The van der Waals surface area contributed by atoms with Crippen molar-refractivity contribution in [3.05, 3.63) is 83.1 Å². The Hall–Kier alpha value is -2.92. The minimum Gasteiger partial charge on any atom is -0.267 e. The first-order chi connectivity index (χ1) is 11.2. The maximum absolute atomic E-state index is 11.9. The van der Waals surface area contributed by atoms with Crippen LogP contribution in [0.1, 0.15) is 15.9 Å². The van der Waals surface area contributed by atoms with Crippen molar-refractivity contribution in [3.8, 4) is 5.69 Å². The van der Waals surface area contributed by atoms with E-state index < -0.39 is 0 Å². The second-order valence-corrected chi connectivity index (χ2v) is 5.20. The minimum atomic E-state index is -0.320. The zero-order valence-electron chi connectivity index (χ0n) is 12.1. The van der Waals surface area contributed by atoms with Crippen LogP contribution in [0.4, 0.5) is 0 Å². The Morgan fingerprint density at radius 3 is 2.78 bits per heavy atom. The molecule has 1 N–H and O–H groups in total. The number of carbonyl (C=O) groups excluding carboxylic acids is 1. The Kier molecular flexibility index (Phi) is 4.49. The number of nitrogens with zero attached hydrogens (tertiary/aromatic N) is 3. The molecule has 0 saturated heterocycles. The van der Waals surface area contributed by atoms with Crippen molar-refractivity contribution in [1.29, 1.82) is 0 Å². The topological polar surface area (TPSA) is 59.3 Å². The highest BCUT2D eigenvalue weighted by molar-refractivity contribution is 6.30. The molecule has 0 aliphatic rings. The third-order valence-corrected chi connectivity index (χ3v) is 3.32. The number of hydrogen-bond acceptors (Lipinski definition) is 3. The smallest absolute Gasteiger partial charge is 0.267 e. The van der Waals surface area contributed by atoms with Crippen molar-refractivity contribution in [1.82, 2.24) is 15.2 Å². The molecule has 0 atom stereocenters. The lowest BCUT2D eigenvalue weighted by molar-refractivity contribution is 0.0955. The van der Waals surface area contributed by atoms with E-state index in [0.717, 1.165) is 11.3 Å². The van der Waals surface area contributed by atoms with Crippen LogP contribution in [0.15, 0.2) is 72.1 Å². The highest BCUT2D eigenvalue weighted by Crippen LogP contribution is 2.10. The highest BCUT2D eigenvalue weighted by Gasteiger charge is 2.04. The van der Waals surface area contributed by atoms with E-state index >= 15 is 0 Å². The summed E-state index contributed by atoms with van der Waals surface area (Å²) in [5, 5.41) is 8.69. The van der Waals surface area contributed by atoms with Crippen molar-refractivity contribution in [2.24, 2.45) is 5.10 Å². The predicted octanol–water partition coefficient (Wildman–Crippen LogP) is 3.29. The number of benzene rings is 2. The van der Waals surface area contributed by atoms with E-state index in [0.29, 0.717) is 10.6 Å². The monoisotopic (exact) mass is 324 g/mol. The zero-order chi connectivity index (χ0) is 16.1. The van der Waals surface area contributed by atoms with E-state index in [2.05, 4.69) is 15.6 Å². The fourth-order valence-electron chi connectivity index (χ4n) is 1.99. The number of nitrogens with one attached hydrogen (secondary N) is 1. The molecule has 5 nitrogen and oxygen atoms in total. The van der Waals surface area contributed by atoms with Crippen molar-refractivity contribution < 1.29 is 4.79 Å². The Balaban J connectivity index is 1.65. The Morgan fingerprint density at radius 2 is 2.00 bits per heavy atom. The summed E-state index contributed by atoms with van der Waals surface area (Å²) in [5.74, 6) is -0.320. The number of amides is 1. The van der Waals surface area contributed by atoms with Gasteiger partial charge >= 0.3 is 0 Å². The molecular weight excluding hydrogens is 312 g/mol. The molecule has 6 heteroatoms. The molecule has 0 bridgehead atoms. The minimum absolute atomic E-state index is 0.320. The summed E-state index contributed by atoms with van der Waals surface area (Å²) in [7, 11) is 0. The lowest BCUT2D eigenvalue weighted by Gasteiger charge is -1.99. The molecule has 23 heavy (non-hydrogen) atoms. The number of carbonyl (C=O) groups is 1. The molecule has 0 aliphatic heterocycles. The molecule has 3 rings (SSSR count). The van der Waals surface area contributed by atoms with E-state index in [-0.39, 0.29) is 5.91 Å². The summed E-state index contributed by atoms with van der Waals surface area (Å²) in [6.07, 6.45) is 5.03. The third-order valence-electron chi connectivity index (χ3n) is 3.09. The van der Waals surface area contributed by atoms with Gasteiger partial charge in [0.1, 0.15) is 0 Å². The molecule has 2 aromatic carbocycles. The fraction of sp³-hybridized carbons (Fsp3) is 0. The van der Waals surface area contributed by atoms with Gasteiger partial charge in [0.05, 0.1) is 18.1 Å². The number of para-hydroxylation sites is 1. The highest BCUT2D eigenvalue weighted by atomic mass is 35.5.